The normalized spacial score (nSPS) is 11.3. The third-order valence-corrected chi connectivity index (χ3v) is 2.02. The number of nitro groups is 1. The van der Waals surface area contributed by atoms with Gasteiger partial charge in [0.25, 0.3) is 0 Å². The number of nitrogens with zero attached hydrogens (tertiary/aromatic N) is 2. The van der Waals surface area contributed by atoms with Gasteiger partial charge in [-0.1, -0.05) is 0 Å². The van der Waals surface area contributed by atoms with Crippen molar-refractivity contribution >= 4 is 17.3 Å². The molecule has 0 unspecified atom stereocenters. The van der Waals surface area contributed by atoms with Crippen molar-refractivity contribution in [1.29, 1.82) is 0 Å². The van der Waals surface area contributed by atoms with E-state index in [4.69, 9.17) is 5.73 Å². The Bertz CT molecular complexity index is 436. The van der Waals surface area contributed by atoms with Crippen LogP contribution >= 0.6 is 0 Å². The average molecular weight is 264 g/mol. The number of aromatic nitrogens is 1. The quantitative estimate of drug-likeness (QED) is 0.483. The van der Waals surface area contributed by atoms with Gasteiger partial charge in [-0.15, -0.1) is 0 Å². The van der Waals surface area contributed by atoms with Gasteiger partial charge in [0.05, 0.1) is 4.92 Å². The van der Waals surface area contributed by atoms with Gasteiger partial charge in [-0.05, 0) is 12.5 Å². The van der Waals surface area contributed by atoms with E-state index in [1.54, 1.807) is 0 Å². The first-order valence-electron chi connectivity index (χ1n) is 5.01. The predicted octanol–water partition coefficient (Wildman–Crippen LogP) is 2.33. The topological polar surface area (TPSA) is 94.1 Å². The number of halogens is 3. The Hall–Kier alpha value is -2.06. The van der Waals surface area contributed by atoms with E-state index < -0.39 is 17.5 Å². The second kappa shape index (κ2) is 5.52. The van der Waals surface area contributed by atoms with Gasteiger partial charge >= 0.3 is 11.9 Å². The van der Waals surface area contributed by atoms with E-state index in [0.717, 1.165) is 6.07 Å². The van der Waals surface area contributed by atoms with Crippen molar-refractivity contribution in [3.05, 3.63) is 22.2 Å². The summed E-state index contributed by atoms with van der Waals surface area (Å²) in [6.07, 6.45) is -5.40. The summed E-state index contributed by atoms with van der Waals surface area (Å²) in [6, 6.07) is 2.40. The molecule has 0 aliphatic rings. The fraction of sp³-hybridized carbons (Fsp3) is 0.444. The van der Waals surface area contributed by atoms with Crippen molar-refractivity contribution in [2.24, 2.45) is 0 Å². The molecule has 0 aliphatic heterocycles. The highest BCUT2D eigenvalue weighted by molar-refractivity contribution is 5.59. The first-order valence-corrected chi connectivity index (χ1v) is 5.01. The minimum atomic E-state index is -4.24. The number of nitrogen functional groups attached to an aromatic ring is 1. The zero-order chi connectivity index (χ0) is 13.8. The molecule has 0 saturated heterocycles. The van der Waals surface area contributed by atoms with E-state index >= 15 is 0 Å². The molecule has 18 heavy (non-hydrogen) atoms. The Labute approximate surface area is 100 Å². The molecular weight excluding hydrogens is 253 g/mol. The zero-order valence-electron chi connectivity index (χ0n) is 9.20. The van der Waals surface area contributed by atoms with Crippen molar-refractivity contribution < 1.29 is 18.1 Å². The number of hydrogen-bond donors (Lipinski definition) is 2. The van der Waals surface area contributed by atoms with Crippen molar-refractivity contribution in [2.45, 2.75) is 19.0 Å². The van der Waals surface area contributed by atoms with Gasteiger partial charge in [-0.3, -0.25) is 10.1 Å². The van der Waals surface area contributed by atoms with Gasteiger partial charge < -0.3 is 11.1 Å². The highest BCUT2D eigenvalue weighted by Gasteiger charge is 2.26. The molecule has 0 fully saturated rings. The molecule has 6 nitrogen and oxygen atoms in total. The maximum Gasteiger partial charge on any atom is 0.389 e. The monoisotopic (exact) mass is 264 g/mol. The lowest BCUT2D eigenvalue weighted by molar-refractivity contribution is -0.384. The van der Waals surface area contributed by atoms with Crippen LogP contribution in [0.15, 0.2) is 12.1 Å². The van der Waals surface area contributed by atoms with Gasteiger partial charge in [-0.25, -0.2) is 4.98 Å². The maximum absolute atomic E-state index is 11.9. The zero-order valence-corrected chi connectivity index (χ0v) is 9.20. The van der Waals surface area contributed by atoms with E-state index in [1.165, 1.54) is 6.07 Å². The lowest BCUT2D eigenvalue weighted by Crippen LogP contribution is -2.12. The molecule has 0 atom stereocenters. The highest BCUT2D eigenvalue weighted by Crippen LogP contribution is 2.24. The van der Waals surface area contributed by atoms with Gasteiger partial charge in [0.15, 0.2) is 0 Å². The van der Waals surface area contributed by atoms with Gasteiger partial charge in [0.2, 0.25) is 5.82 Å². The smallest absolute Gasteiger partial charge is 0.384 e. The molecule has 1 heterocycles. The molecule has 3 N–H and O–H groups in total. The summed E-state index contributed by atoms with van der Waals surface area (Å²) in [5.41, 5.74) is 5.02. The molecule has 0 saturated carbocycles. The third kappa shape index (κ3) is 4.44. The Morgan fingerprint density at radius 3 is 2.67 bits per heavy atom. The number of hydrogen-bond acceptors (Lipinski definition) is 5. The minimum Gasteiger partial charge on any atom is -0.384 e. The van der Waals surface area contributed by atoms with Crippen LogP contribution in [0.5, 0.6) is 0 Å². The van der Waals surface area contributed by atoms with Gasteiger partial charge in [0, 0.05) is 19.0 Å². The summed E-state index contributed by atoms with van der Waals surface area (Å²) in [7, 11) is 0. The Morgan fingerprint density at radius 2 is 2.11 bits per heavy atom. The molecule has 0 aliphatic carbocycles. The minimum absolute atomic E-state index is 0.0546. The van der Waals surface area contributed by atoms with Crippen molar-refractivity contribution in [1.82, 2.24) is 4.98 Å². The lowest BCUT2D eigenvalue weighted by Gasteiger charge is -2.08. The summed E-state index contributed by atoms with van der Waals surface area (Å²) in [5, 5.41) is 13.1. The summed E-state index contributed by atoms with van der Waals surface area (Å²) in [4.78, 5) is 13.6. The van der Waals surface area contributed by atoms with Crippen LogP contribution in [0.3, 0.4) is 0 Å². The molecule has 1 rings (SSSR count). The third-order valence-electron chi connectivity index (χ3n) is 2.02. The second-order valence-corrected chi connectivity index (χ2v) is 3.51. The van der Waals surface area contributed by atoms with E-state index in [0.29, 0.717) is 0 Å². The van der Waals surface area contributed by atoms with Crippen LogP contribution in [-0.4, -0.2) is 22.6 Å². The van der Waals surface area contributed by atoms with Crippen LogP contribution in [0.2, 0.25) is 0 Å². The van der Waals surface area contributed by atoms with Crippen LogP contribution in [0.1, 0.15) is 12.8 Å². The SMILES string of the molecule is Nc1ccc([N+](=O)[O-])c(NCCCC(F)(F)F)n1. The number of rotatable bonds is 5. The Morgan fingerprint density at radius 1 is 1.44 bits per heavy atom. The first kappa shape index (κ1) is 14.0. The fourth-order valence-electron chi connectivity index (χ4n) is 1.24. The van der Waals surface area contributed by atoms with E-state index in [2.05, 4.69) is 10.3 Å². The number of nitrogens with two attached hydrogens (primary N) is 1. The van der Waals surface area contributed by atoms with E-state index in [9.17, 15) is 23.3 Å². The van der Waals surface area contributed by atoms with Crippen LogP contribution < -0.4 is 11.1 Å². The molecular formula is C9H11F3N4O2. The number of pyridine rings is 1. The van der Waals surface area contributed by atoms with Crippen molar-refractivity contribution in [2.75, 3.05) is 17.6 Å². The van der Waals surface area contributed by atoms with Crippen LogP contribution in [-0.2, 0) is 0 Å². The van der Waals surface area contributed by atoms with Crippen LogP contribution in [0.4, 0.5) is 30.5 Å². The molecule has 0 radical (unpaired) electrons. The van der Waals surface area contributed by atoms with Gasteiger partial charge in [0.1, 0.15) is 5.82 Å². The number of nitrogens with one attached hydrogen (secondary N) is 1. The number of alkyl halides is 3. The largest absolute Gasteiger partial charge is 0.389 e. The molecule has 0 bridgehead atoms. The van der Waals surface area contributed by atoms with Gasteiger partial charge in [-0.2, -0.15) is 13.2 Å². The summed E-state index contributed by atoms with van der Waals surface area (Å²) >= 11 is 0. The highest BCUT2D eigenvalue weighted by atomic mass is 19.4. The van der Waals surface area contributed by atoms with Crippen molar-refractivity contribution in [3.8, 4) is 0 Å². The lowest BCUT2D eigenvalue weighted by atomic mass is 10.3. The van der Waals surface area contributed by atoms with Crippen LogP contribution in [0, 0.1) is 10.1 Å². The molecule has 1 aromatic heterocycles. The molecule has 100 valence electrons. The Balaban J connectivity index is 2.61. The molecule has 0 spiro atoms. The summed E-state index contributed by atoms with van der Waals surface area (Å²) in [6.45, 7) is -0.0726. The number of anilines is 2. The summed E-state index contributed by atoms with van der Waals surface area (Å²) in [5.74, 6) is -0.0684. The molecule has 0 amide bonds. The maximum atomic E-state index is 11.9. The standard InChI is InChI=1S/C9H11F3N4O2/c10-9(11,12)4-1-5-14-8-6(16(17)18)2-3-7(13)15-8/h2-3H,1,4-5H2,(H3,13,14,15). The molecule has 9 heteroatoms. The van der Waals surface area contributed by atoms with E-state index in [1.807, 2.05) is 0 Å². The average Bonchev–Trinajstić information content (AvgIpc) is 2.22. The van der Waals surface area contributed by atoms with Crippen molar-refractivity contribution in [3.63, 3.8) is 0 Å². The van der Waals surface area contributed by atoms with E-state index in [-0.39, 0.29) is 30.3 Å². The molecule has 0 aromatic carbocycles. The molecule has 1 aromatic rings. The van der Waals surface area contributed by atoms with Crippen LogP contribution in [0.25, 0.3) is 0 Å². The first-order chi connectivity index (χ1) is 8.29. The second-order valence-electron chi connectivity index (χ2n) is 3.51. The Kier molecular flexibility index (Phi) is 4.29. The fourth-order valence-corrected chi connectivity index (χ4v) is 1.24. The predicted molar refractivity (Wildman–Crippen MR) is 59.1 cm³/mol. The summed E-state index contributed by atoms with van der Waals surface area (Å²) < 4.78 is 35.6.